The number of halogens is 1. The molecule has 128 valence electrons. The third-order valence-electron chi connectivity index (χ3n) is 3.55. The molecule has 0 fully saturated rings. The Kier molecular flexibility index (Phi) is 5.30. The summed E-state index contributed by atoms with van der Waals surface area (Å²) in [5.41, 5.74) is 1.38. The Morgan fingerprint density at radius 2 is 1.88 bits per heavy atom. The minimum Gasteiger partial charge on any atom is -0.497 e. The summed E-state index contributed by atoms with van der Waals surface area (Å²) in [6.45, 7) is 0.396. The molecule has 0 spiro atoms. The van der Waals surface area contributed by atoms with Crippen molar-refractivity contribution in [2.45, 2.75) is 6.42 Å². The van der Waals surface area contributed by atoms with Gasteiger partial charge in [-0.05, 0) is 48.5 Å². The second-order valence-corrected chi connectivity index (χ2v) is 5.69. The van der Waals surface area contributed by atoms with Gasteiger partial charge in [0, 0.05) is 29.1 Å². The second-order valence-electron chi connectivity index (χ2n) is 5.25. The van der Waals surface area contributed by atoms with Crippen molar-refractivity contribution >= 4 is 17.5 Å². The summed E-state index contributed by atoms with van der Waals surface area (Å²) in [5, 5.41) is 7.40. The quantitative estimate of drug-likeness (QED) is 0.731. The number of carbonyl (C=O) groups is 1. The molecule has 3 aromatic rings. The summed E-state index contributed by atoms with van der Waals surface area (Å²) in [6.07, 6.45) is 0.447. The molecule has 0 aliphatic carbocycles. The van der Waals surface area contributed by atoms with Gasteiger partial charge in [-0.2, -0.15) is 4.98 Å². The number of ether oxygens (including phenoxy) is 1. The molecule has 0 atom stereocenters. The van der Waals surface area contributed by atoms with Crippen LogP contribution in [0.25, 0.3) is 11.4 Å². The van der Waals surface area contributed by atoms with Gasteiger partial charge in [-0.15, -0.1) is 0 Å². The zero-order chi connectivity index (χ0) is 17.6. The smallest absolute Gasteiger partial charge is 0.251 e. The Morgan fingerprint density at radius 3 is 2.56 bits per heavy atom. The number of aromatic nitrogens is 2. The predicted molar refractivity (Wildman–Crippen MR) is 93.8 cm³/mol. The number of amides is 1. The summed E-state index contributed by atoms with van der Waals surface area (Å²) < 4.78 is 10.3. The van der Waals surface area contributed by atoms with E-state index in [-0.39, 0.29) is 5.91 Å². The number of nitrogens with zero attached hydrogens (tertiary/aromatic N) is 2. The molecule has 0 saturated carbocycles. The average molecular weight is 358 g/mol. The van der Waals surface area contributed by atoms with Gasteiger partial charge in [0.2, 0.25) is 11.7 Å². The molecule has 1 aromatic heterocycles. The van der Waals surface area contributed by atoms with E-state index in [1.807, 2.05) is 12.1 Å². The molecule has 0 unspecified atom stereocenters. The first kappa shape index (κ1) is 17.0. The van der Waals surface area contributed by atoms with Crippen LogP contribution >= 0.6 is 11.6 Å². The van der Waals surface area contributed by atoms with Gasteiger partial charge >= 0.3 is 0 Å². The van der Waals surface area contributed by atoms with Gasteiger partial charge in [0.15, 0.2) is 0 Å². The Balaban J connectivity index is 1.53. The normalized spacial score (nSPS) is 10.5. The van der Waals surface area contributed by atoms with Crippen molar-refractivity contribution in [3.8, 4) is 17.1 Å². The van der Waals surface area contributed by atoms with Crippen molar-refractivity contribution in [1.82, 2.24) is 15.5 Å². The molecule has 25 heavy (non-hydrogen) atoms. The molecule has 3 rings (SSSR count). The van der Waals surface area contributed by atoms with Crippen LogP contribution in [-0.2, 0) is 6.42 Å². The maximum atomic E-state index is 12.1. The van der Waals surface area contributed by atoms with Crippen molar-refractivity contribution < 1.29 is 14.1 Å². The molecule has 0 radical (unpaired) electrons. The summed E-state index contributed by atoms with van der Waals surface area (Å²) >= 11 is 5.86. The lowest BCUT2D eigenvalue weighted by molar-refractivity contribution is 0.0953. The molecule has 6 nitrogen and oxygen atoms in total. The number of benzene rings is 2. The van der Waals surface area contributed by atoms with E-state index in [9.17, 15) is 4.79 Å². The molecule has 1 amide bonds. The minimum atomic E-state index is -0.167. The molecule has 1 N–H and O–H groups in total. The lowest BCUT2D eigenvalue weighted by Crippen LogP contribution is -2.25. The van der Waals surface area contributed by atoms with Crippen molar-refractivity contribution in [2.24, 2.45) is 0 Å². The van der Waals surface area contributed by atoms with Crippen molar-refractivity contribution in [2.75, 3.05) is 13.7 Å². The average Bonchev–Trinajstić information content (AvgIpc) is 3.11. The first-order valence-electron chi connectivity index (χ1n) is 7.66. The van der Waals surface area contributed by atoms with E-state index in [0.717, 1.165) is 5.56 Å². The van der Waals surface area contributed by atoms with E-state index in [0.29, 0.717) is 41.0 Å². The Bertz CT molecular complexity index is 845. The van der Waals surface area contributed by atoms with Crippen LogP contribution in [0.2, 0.25) is 5.02 Å². The van der Waals surface area contributed by atoms with Gasteiger partial charge in [0.25, 0.3) is 5.91 Å². The van der Waals surface area contributed by atoms with Crippen LogP contribution in [0.4, 0.5) is 0 Å². The van der Waals surface area contributed by atoms with Crippen molar-refractivity contribution in [1.29, 1.82) is 0 Å². The second kappa shape index (κ2) is 7.81. The maximum Gasteiger partial charge on any atom is 0.251 e. The van der Waals surface area contributed by atoms with Crippen LogP contribution in [0.1, 0.15) is 16.2 Å². The number of methoxy groups -OCH3 is 1. The molecule has 0 saturated heterocycles. The predicted octanol–water partition coefficient (Wildman–Crippen LogP) is 3.37. The van der Waals surface area contributed by atoms with Crippen LogP contribution in [0.15, 0.2) is 53.1 Å². The summed E-state index contributed by atoms with van der Waals surface area (Å²) in [7, 11) is 1.58. The van der Waals surface area contributed by atoms with Crippen molar-refractivity contribution in [3.63, 3.8) is 0 Å². The van der Waals surface area contributed by atoms with E-state index < -0.39 is 0 Å². The molecule has 0 bridgehead atoms. The van der Waals surface area contributed by atoms with Gasteiger partial charge < -0.3 is 14.6 Å². The maximum absolute atomic E-state index is 12.1. The van der Waals surface area contributed by atoms with E-state index >= 15 is 0 Å². The first-order chi connectivity index (χ1) is 12.2. The first-order valence-corrected chi connectivity index (χ1v) is 8.04. The number of carbonyl (C=O) groups excluding carboxylic acids is 1. The van der Waals surface area contributed by atoms with Gasteiger partial charge in [0.1, 0.15) is 5.75 Å². The fourth-order valence-electron chi connectivity index (χ4n) is 2.20. The molecule has 0 aliphatic rings. The molecular weight excluding hydrogens is 342 g/mol. The fraction of sp³-hybridized carbons (Fsp3) is 0.167. The van der Waals surface area contributed by atoms with Crippen LogP contribution in [-0.4, -0.2) is 29.7 Å². The van der Waals surface area contributed by atoms with Gasteiger partial charge in [-0.25, -0.2) is 0 Å². The summed E-state index contributed by atoms with van der Waals surface area (Å²) in [6, 6.07) is 14.1. The van der Waals surface area contributed by atoms with Gasteiger partial charge in [-0.3, -0.25) is 4.79 Å². The van der Waals surface area contributed by atoms with E-state index in [4.69, 9.17) is 20.9 Å². The highest BCUT2D eigenvalue weighted by Crippen LogP contribution is 2.18. The monoisotopic (exact) mass is 357 g/mol. The fourth-order valence-corrected chi connectivity index (χ4v) is 2.33. The lowest BCUT2D eigenvalue weighted by atomic mass is 10.2. The van der Waals surface area contributed by atoms with E-state index in [2.05, 4.69) is 15.5 Å². The van der Waals surface area contributed by atoms with E-state index in [1.54, 1.807) is 43.5 Å². The third kappa shape index (κ3) is 4.36. The Morgan fingerprint density at radius 1 is 1.16 bits per heavy atom. The zero-order valence-corrected chi connectivity index (χ0v) is 14.3. The van der Waals surface area contributed by atoms with E-state index in [1.165, 1.54) is 0 Å². The minimum absolute atomic E-state index is 0.167. The molecule has 1 heterocycles. The molecule has 0 aliphatic heterocycles. The zero-order valence-electron chi connectivity index (χ0n) is 13.5. The standard InChI is InChI=1S/C18H16ClN3O3/c1-24-15-8-4-13(5-9-15)18(23)20-11-10-16-21-17(22-25-16)12-2-6-14(19)7-3-12/h2-9H,10-11H2,1H3,(H,20,23). The highest BCUT2D eigenvalue weighted by Gasteiger charge is 2.10. The summed E-state index contributed by atoms with van der Waals surface area (Å²) in [4.78, 5) is 16.4. The third-order valence-corrected chi connectivity index (χ3v) is 3.80. The number of nitrogens with one attached hydrogen (secondary N) is 1. The van der Waals surface area contributed by atoms with Crippen LogP contribution < -0.4 is 10.1 Å². The van der Waals surface area contributed by atoms with Crippen LogP contribution in [0.3, 0.4) is 0 Å². The number of rotatable bonds is 6. The largest absolute Gasteiger partial charge is 0.497 e. The molecule has 2 aromatic carbocycles. The van der Waals surface area contributed by atoms with Gasteiger partial charge in [-0.1, -0.05) is 16.8 Å². The van der Waals surface area contributed by atoms with Gasteiger partial charge in [0.05, 0.1) is 7.11 Å². The summed E-state index contributed by atoms with van der Waals surface area (Å²) in [5.74, 6) is 1.49. The lowest BCUT2D eigenvalue weighted by Gasteiger charge is -2.04. The van der Waals surface area contributed by atoms with Crippen LogP contribution in [0.5, 0.6) is 5.75 Å². The number of hydrogen-bond acceptors (Lipinski definition) is 5. The number of hydrogen-bond donors (Lipinski definition) is 1. The highest BCUT2D eigenvalue weighted by molar-refractivity contribution is 6.30. The Labute approximate surface area is 149 Å². The topological polar surface area (TPSA) is 77.2 Å². The Hall–Kier alpha value is -2.86. The van der Waals surface area contributed by atoms with Crippen LogP contribution in [0, 0.1) is 0 Å². The molecular formula is C18H16ClN3O3. The SMILES string of the molecule is COc1ccc(C(=O)NCCc2nc(-c3ccc(Cl)cc3)no2)cc1. The van der Waals surface area contributed by atoms with Crippen molar-refractivity contribution in [3.05, 3.63) is 65.0 Å². The highest BCUT2D eigenvalue weighted by atomic mass is 35.5. The molecule has 7 heteroatoms.